The number of benzene rings is 4. The minimum absolute atomic E-state index is 0. The third kappa shape index (κ3) is 18.8. The van der Waals surface area contributed by atoms with Gasteiger partial charge in [-0.05, 0) is 35.1 Å². The van der Waals surface area contributed by atoms with E-state index in [0.717, 1.165) is 22.3 Å². The Morgan fingerprint density at radius 2 is 1.03 bits per heavy atom. The summed E-state index contributed by atoms with van der Waals surface area (Å²) in [4.78, 5) is 0. The molecule has 68 heavy (non-hydrogen) atoms. The van der Waals surface area contributed by atoms with Crippen LogP contribution in [-0.4, -0.2) is 113 Å². The molecule has 1 heterocycles. The maximum absolute atomic E-state index is 13.0. The van der Waals surface area contributed by atoms with Crippen molar-refractivity contribution in [1.82, 2.24) is 0 Å². The van der Waals surface area contributed by atoms with Crippen molar-refractivity contribution in [3.63, 3.8) is 0 Å². The predicted molar refractivity (Wildman–Crippen MR) is 261 cm³/mol. The standard InChI is InChI=1S/C25H35O7P.C25H37O7P.B.Na.H/c1-5-22-19(2)23(30-16-20-12-8-6-9-13-20)24(31-17-21-14-10-7-11-15-21)25(26,32-22)18-33(27,28-3)29-4;1-5-22(26)19(2)24(31-16-20-12-8-6-9-13-20)25(23(27)18-33(28,29-3)30-4)32-17-21-14-10-7-11-15-21;;;/h6-15,19,22-24,26H,5,16-18H2,1-4H3;6-15,19,22-27H,5,16-18H2,1-4H3;;;/q;;;+1;-1/t19-,22-,23+,24-,25+;19-,22-,23?,24+,25+;;;/m11.../s1. The fourth-order valence-electron chi connectivity index (χ4n) is 7.89. The van der Waals surface area contributed by atoms with E-state index in [2.05, 4.69) is 0 Å². The Morgan fingerprint density at radius 1 is 0.632 bits per heavy atom. The molecule has 18 heteroatoms. The zero-order valence-electron chi connectivity index (χ0n) is 42.2. The van der Waals surface area contributed by atoms with Crippen LogP contribution in [0.15, 0.2) is 121 Å². The quantitative estimate of drug-likeness (QED) is 0.0499. The van der Waals surface area contributed by atoms with E-state index >= 15 is 0 Å². The molecule has 0 saturated carbocycles. The van der Waals surface area contributed by atoms with Gasteiger partial charge in [-0.2, -0.15) is 0 Å². The van der Waals surface area contributed by atoms with Crippen LogP contribution in [0.1, 0.15) is 64.2 Å². The minimum atomic E-state index is -3.62. The molecule has 1 unspecified atom stereocenters. The molecule has 1 aliphatic rings. The number of ether oxygens (including phenoxy) is 5. The van der Waals surface area contributed by atoms with Crippen molar-refractivity contribution in [2.24, 2.45) is 11.8 Å². The summed E-state index contributed by atoms with van der Waals surface area (Å²) in [5, 5.41) is 33.5. The van der Waals surface area contributed by atoms with Gasteiger partial charge in [0, 0.05) is 48.7 Å². The average molecular weight is 994 g/mol. The molecule has 3 N–H and O–H groups in total. The van der Waals surface area contributed by atoms with Crippen molar-refractivity contribution in [1.29, 1.82) is 0 Å². The molecule has 1 aliphatic heterocycles. The topological polar surface area (TPSA) is 178 Å². The van der Waals surface area contributed by atoms with Crippen molar-refractivity contribution in [3.8, 4) is 0 Å². The second-order valence-electron chi connectivity index (χ2n) is 16.5. The molecule has 371 valence electrons. The molecule has 0 amide bonds. The van der Waals surface area contributed by atoms with Crippen LogP contribution in [0.5, 0.6) is 0 Å². The van der Waals surface area contributed by atoms with Gasteiger partial charge < -0.3 is 58.5 Å². The number of rotatable bonds is 26. The first kappa shape index (κ1) is 62.0. The van der Waals surface area contributed by atoms with Gasteiger partial charge in [-0.25, -0.2) is 0 Å². The molecule has 0 aliphatic carbocycles. The summed E-state index contributed by atoms with van der Waals surface area (Å²) in [6.45, 7) is 8.82. The SMILES string of the molecule is CC[C@@H](O)[C@@H](C)[C@H](OCc1ccccc1)[C@@H](OCc1ccccc1)C(O)CP(=O)(OC)OC.CC[C@H]1O[C@@](O)(CP(=O)(OC)OC)[C@H](OCc2ccccc2)[C@@H](OCc2ccccc2)[C@@H]1C.[B].[H-].[Na+]. The summed E-state index contributed by atoms with van der Waals surface area (Å²) >= 11 is 0. The third-order valence-corrected chi connectivity index (χ3v) is 15.8. The molecule has 0 bridgehead atoms. The van der Waals surface area contributed by atoms with Gasteiger partial charge in [0.2, 0.25) is 5.79 Å². The second kappa shape index (κ2) is 31.4. The maximum Gasteiger partial charge on any atom is 1.00 e. The number of hydrogen-bond acceptors (Lipinski definition) is 14. The van der Waals surface area contributed by atoms with E-state index in [1.165, 1.54) is 28.4 Å². The van der Waals surface area contributed by atoms with E-state index in [1.807, 2.05) is 149 Å². The molecule has 10 atom stereocenters. The zero-order valence-corrected chi connectivity index (χ0v) is 45.0. The van der Waals surface area contributed by atoms with Crippen LogP contribution < -0.4 is 29.6 Å². The Hall–Kier alpha value is -2.08. The van der Waals surface area contributed by atoms with Crippen LogP contribution in [0.3, 0.4) is 0 Å². The van der Waals surface area contributed by atoms with Crippen molar-refractivity contribution >= 4 is 23.6 Å². The molecular formula is C50H73BNaO14P2. The monoisotopic (exact) mass is 993 g/mol. The smallest absolute Gasteiger partial charge is 1.00 e. The van der Waals surface area contributed by atoms with Gasteiger partial charge in [0.05, 0.1) is 63.1 Å². The van der Waals surface area contributed by atoms with Crippen LogP contribution >= 0.6 is 15.2 Å². The second-order valence-corrected chi connectivity index (χ2v) is 21.0. The van der Waals surface area contributed by atoms with Crippen LogP contribution in [0.2, 0.25) is 0 Å². The minimum Gasteiger partial charge on any atom is -1.00 e. The van der Waals surface area contributed by atoms with Gasteiger partial charge in [-0.15, -0.1) is 0 Å². The van der Waals surface area contributed by atoms with Gasteiger partial charge >= 0.3 is 44.7 Å². The molecule has 0 spiro atoms. The summed E-state index contributed by atoms with van der Waals surface area (Å²) in [5.74, 6) is -2.37. The Balaban J connectivity index is 0.000000661. The van der Waals surface area contributed by atoms with Gasteiger partial charge in [-0.1, -0.05) is 149 Å². The molecule has 3 radical (unpaired) electrons. The maximum atomic E-state index is 13.0. The number of aliphatic hydroxyl groups excluding tert-OH is 2. The molecular weight excluding hydrogens is 920 g/mol. The summed E-state index contributed by atoms with van der Waals surface area (Å²) in [7, 11) is -1.99. The van der Waals surface area contributed by atoms with E-state index in [9.17, 15) is 24.4 Å². The summed E-state index contributed by atoms with van der Waals surface area (Å²) < 4.78 is 77.3. The molecule has 0 aromatic heterocycles. The largest absolute Gasteiger partial charge is 1.00 e. The first-order valence-corrected chi connectivity index (χ1v) is 25.9. The molecule has 14 nitrogen and oxygen atoms in total. The van der Waals surface area contributed by atoms with Gasteiger partial charge in [0.1, 0.15) is 18.4 Å². The van der Waals surface area contributed by atoms with Gasteiger partial charge in [0.15, 0.2) is 0 Å². The molecule has 4 aromatic carbocycles. The van der Waals surface area contributed by atoms with Gasteiger partial charge in [-0.3, -0.25) is 9.13 Å². The molecule has 5 rings (SSSR count). The Labute approximate surface area is 430 Å². The fourth-order valence-corrected chi connectivity index (χ4v) is 10.2. The van der Waals surface area contributed by atoms with Gasteiger partial charge in [0.25, 0.3) is 0 Å². The first-order chi connectivity index (χ1) is 31.7. The van der Waals surface area contributed by atoms with Crippen LogP contribution in [0.4, 0.5) is 0 Å². The Kier molecular flexibility index (Phi) is 28.6. The summed E-state index contributed by atoms with van der Waals surface area (Å²) in [5.41, 5.74) is 3.82. The number of aliphatic hydroxyl groups is 3. The number of hydrogen-bond donors (Lipinski definition) is 3. The summed E-state index contributed by atoms with van der Waals surface area (Å²) in [6, 6.07) is 38.7. The summed E-state index contributed by atoms with van der Waals surface area (Å²) in [6.07, 6.45) is -4.69. The Bertz CT molecular complexity index is 1980. The fraction of sp³-hybridized carbons (Fsp3) is 0.520. The van der Waals surface area contributed by atoms with Crippen LogP contribution in [0, 0.1) is 11.8 Å². The van der Waals surface area contributed by atoms with Crippen molar-refractivity contribution in [2.75, 3.05) is 40.8 Å². The first-order valence-electron chi connectivity index (χ1n) is 22.5. The predicted octanol–water partition coefficient (Wildman–Crippen LogP) is 5.92. The van der Waals surface area contributed by atoms with E-state index in [-0.39, 0.29) is 89.5 Å². The van der Waals surface area contributed by atoms with Crippen LogP contribution in [-0.2, 0) is 77.3 Å². The van der Waals surface area contributed by atoms with Crippen molar-refractivity contribution in [3.05, 3.63) is 144 Å². The van der Waals surface area contributed by atoms with Crippen molar-refractivity contribution in [2.45, 2.75) is 115 Å². The molecule has 1 saturated heterocycles. The van der Waals surface area contributed by atoms with E-state index < -0.39 is 57.6 Å². The molecule has 1 fully saturated rings. The van der Waals surface area contributed by atoms with E-state index in [4.69, 9.17) is 41.8 Å². The van der Waals surface area contributed by atoms with Crippen LogP contribution in [0.25, 0.3) is 0 Å². The average Bonchev–Trinajstić information content (AvgIpc) is 3.35. The normalized spacial score (nSPS) is 21.7. The van der Waals surface area contributed by atoms with E-state index in [0.29, 0.717) is 19.4 Å². The Morgan fingerprint density at radius 3 is 1.43 bits per heavy atom. The molecule has 4 aromatic rings. The van der Waals surface area contributed by atoms with E-state index in [1.54, 1.807) is 0 Å². The third-order valence-electron chi connectivity index (χ3n) is 11.9. The zero-order chi connectivity index (χ0) is 48.2. The van der Waals surface area contributed by atoms with Crippen molar-refractivity contribution < 1.29 is 97.2 Å².